The number of carbonyl (C=O) groups excluding carboxylic acids is 2. The molecule has 0 spiro atoms. The molecule has 4 nitrogen and oxygen atoms in total. The van der Waals surface area contributed by atoms with Crippen LogP contribution in [0.2, 0.25) is 0 Å². The van der Waals surface area contributed by atoms with Crippen molar-refractivity contribution in [3.05, 3.63) is 22.7 Å². The van der Waals surface area contributed by atoms with Crippen molar-refractivity contribution in [2.45, 2.75) is 13.8 Å². The predicted octanol–water partition coefficient (Wildman–Crippen LogP) is 2.18. The summed E-state index contributed by atoms with van der Waals surface area (Å²) >= 11 is 3.33. The third-order valence-electron chi connectivity index (χ3n) is 3.18. The maximum atomic E-state index is 12.0. The molecule has 0 bridgehead atoms. The monoisotopic (exact) mass is 296 g/mol. The number of benzene rings is 1. The Morgan fingerprint density at radius 2 is 1.71 bits per heavy atom. The first-order valence-corrected chi connectivity index (χ1v) is 6.15. The Kier molecular flexibility index (Phi) is 2.95. The van der Waals surface area contributed by atoms with Gasteiger partial charge in [-0.15, -0.1) is 0 Å². The highest BCUT2D eigenvalue weighted by Gasteiger charge is 2.43. The van der Waals surface area contributed by atoms with Crippen molar-refractivity contribution in [3.63, 3.8) is 0 Å². The number of amides is 2. The average Bonchev–Trinajstić information content (AvgIpc) is 2.48. The topological polar surface area (TPSA) is 63.4 Å². The van der Waals surface area contributed by atoms with Crippen LogP contribution in [-0.2, 0) is 9.59 Å². The SMILES string of the molecule is CC1C(=O)N(c2cc(N)ccc2Br)C(=O)C1C. The summed E-state index contributed by atoms with van der Waals surface area (Å²) in [5.41, 5.74) is 6.73. The van der Waals surface area contributed by atoms with Crippen LogP contribution < -0.4 is 10.6 Å². The summed E-state index contributed by atoms with van der Waals surface area (Å²) in [4.78, 5) is 25.3. The first-order valence-electron chi connectivity index (χ1n) is 5.36. The third kappa shape index (κ3) is 1.84. The van der Waals surface area contributed by atoms with Gasteiger partial charge in [-0.25, -0.2) is 4.90 Å². The maximum Gasteiger partial charge on any atom is 0.237 e. The molecule has 1 saturated heterocycles. The lowest BCUT2D eigenvalue weighted by molar-refractivity contribution is -0.122. The van der Waals surface area contributed by atoms with Gasteiger partial charge < -0.3 is 5.73 Å². The van der Waals surface area contributed by atoms with E-state index in [1.54, 1.807) is 32.0 Å². The van der Waals surface area contributed by atoms with Gasteiger partial charge in [0.15, 0.2) is 0 Å². The van der Waals surface area contributed by atoms with Crippen molar-refractivity contribution in [3.8, 4) is 0 Å². The van der Waals surface area contributed by atoms with Gasteiger partial charge in [-0.1, -0.05) is 13.8 Å². The minimum Gasteiger partial charge on any atom is -0.399 e. The number of halogens is 1. The maximum absolute atomic E-state index is 12.0. The minimum atomic E-state index is -0.282. The molecule has 1 heterocycles. The van der Waals surface area contributed by atoms with E-state index in [0.29, 0.717) is 15.8 Å². The Labute approximate surface area is 108 Å². The van der Waals surface area contributed by atoms with Crippen LogP contribution in [-0.4, -0.2) is 11.8 Å². The number of anilines is 2. The summed E-state index contributed by atoms with van der Waals surface area (Å²) in [6.07, 6.45) is 0. The van der Waals surface area contributed by atoms with Gasteiger partial charge in [-0.3, -0.25) is 9.59 Å². The third-order valence-corrected chi connectivity index (χ3v) is 3.85. The van der Waals surface area contributed by atoms with Gasteiger partial charge in [0, 0.05) is 22.0 Å². The Balaban J connectivity index is 2.50. The largest absolute Gasteiger partial charge is 0.399 e. The van der Waals surface area contributed by atoms with E-state index in [1.807, 2.05) is 0 Å². The lowest BCUT2D eigenvalue weighted by Gasteiger charge is -2.16. The summed E-state index contributed by atoms with van der Waals surface area (Å²) in [7, 11) is 0. The number of hydrogen-bond acceptors (Lipinski definition) is 3. The second-order valence-corrected chi connectivity index (χ2v) is 5.15. The number of nitrogens with two attached hydrogens (primary N) is 1. The summed E-state index contributed by atoms with van der Waals surface area (Å²) in [6, 6.07) is 5.08. The molecular weight excluding hydrogens is 284 g/mol. The Morgan fingerprint density at radius 1 is 1.18 bits per heavy atom. The molecular formula is C12H13BrN2O2. The Hall–Kier alpha value is -1.36. The van der Waals surface area contributed by atoms with Crippen molar-refractivity contribution in [2.24, 2.45) is 11.8 Å². The molecule has 0 radical (unpaired) electrons. The van der Waals surface area contributed by atoms with Crippen LogP contribution in [0.15, 0.2) is 22.7 Å². The van der Waals surface area contributed by atoms with E-state index in [4.69, 9.17) is 5.73 Å². The summed E-state index contributed by atoms with van der Waals surface area (Å²) in [5.74, 6) is -0.908. The van der Waals surface area contributed by atoms with E-state index in [0.717, 1.165) is 0 Å². The highest BCUT2D eigenvalue weighted by atomic mass is 79.9. The van der Waals surface area contributed by atoms with Crippen LogP contribution in [0.25, 0.3) is 0 Å². The van der Waals surface area contributed by atoms with Gasteiger partial charge >= 0.3 is 0 Å². The van der Waals surface area contributed by atoms with E-state index in [2.05, 4.69) is 15.9 Å². The highest BCUT2D eigenvalue weighted by molar-refractivity contribution is 9.10. The van der Waals surface area contributed by atoms with Gasteiger partial charge in [0.1, 0.15) is 0 Å². The molecule has 2 unspecified atom stereocenters. The van der Waals surface area contributed by atoms with Crippen LogP contribution in [0.5, 0.6) is 0 Å². The number of rotatable bonds is 1. The van der Waals surface area contributed by atoms with Crippen LogP contribution in [0.3, 0.4) is 0 Å². The number of imide groups is 1. The zero-order chi connectivity index (χ0) is 12.7. The van der Waals surface area contributed by atoms with Gasteiger partial charge in [0.05, 0.1) is 5.69 Å². The van der Waals surface area contributed by atoms with Crippen molar-refractivity contribution < 1.29 is 9.59 Å². The molecule has 1 aromatic carbocycles. The van der Waals surface area contributed by atoms with Crippen molar-refractivity contribution in [1.82, 2.24) is 0 Å². The molecule has 1 fully saturated rings. The van der Waals surface area contributed by atoms with Crippen LogP contribution in [0.1, 0.15) is 13.8 Å². The molecule has 0 aliphatic carbocycles. The molecule has 1 aliphatic rings. The zero-order valence-electron chi connectivity index (χ0n) is 9.61. The first kappa shape index (κ1) is 12.1. The van der Waals surface area contributed by atoms with Crippen LogP contribution in [0.4, 0.5) is 11.4 Å². The molecule has 5 heteroatoms. The van der Waals surface area contributed by atoms with Crippen molar-refractivity contribution in [2.75, 3.05) is 10.6 Å². The van der Waals surface area contributed by atoms with E-state index < -0.39 is 0 Å². The lowest BCUT2D eigenvalue weighted by Crippen LogP contribution is -2.31. The van der Waals surface area contributed by atoms with Gasteiger partial charge in [0.25, 0.3) is 0 Å². The number of nitrogen functional groups attached to an aromatic ring is 1. The molecule has 2 rings (SSSR count). The Morgan fingerprint density at radius 3 is 2.24 bits per heavy atom. The van der Waals surface area contributed by atoms with E-state index in [1.165, 1.54) is 4.90 Å². The molecule has 1 aromatic rings. The quantitative estimate of drug-likeness (QED) is 0.638. The predicted molar refractivity (Wildman–Crippen MR) is 69.4 cm³/mol. The second kappa shape index (κ2) is 4.14. The molecule has 2 N–H and O–H groups in total. The molecule has 17 heavy (non-hydrogen) atoms. The average molecular weight is 297 g/mol. The molecule has 2 atom stereocenters. The fraction of sp³-hybridized carbons (Fsp3) is 0.333. The summed E-state index contributed by atoms with van der Waals surface area (Å²) in [6.45, 7) is 3.54. The molecule has 1 aliphatic heterocycles. The first-order chi connectivity index (χ1) is 7.93. The fourth-order valence-electron chi connectivity index (χ4n) is 1.88. The van der Waals surface area contributed by atoms with E-state index >= 15 is 0 Å². The molecule has 0 aromatic heterocycles. The highest BCUT2D eigenvalue weighted by Crippen LogP contribution is 2.35. The minimum absolute atomic E-state index is 0.172. The number of hydrogen-bond donors (Lipinski definition) is 1. The zero-order valence-corrected chi connectivity index (χ0v) is 11.2. The molecule has 0 saturated carbocycles. The van der Waals surface area contributed by atoms with Crippen LogP contribution >= 0.6 is 15.9 Å². The van der Waals surface area contributed by atoms with Gasteiger partial charge in [0.2, 0.25) is 11.8 Å². The smallest absolute Gasteiger partial charge is 0.237 e. The lowest BCUT2D eigenvalue weighted by atomic mass is 10.00. The van der Waals surface area contributed by atoms with E-state index in [9.17, 15) is 9.59 Å². The van der Waals surface area contributed by atoms with Crippen molar-refractivity contribution in [1.29, 1.82) is 0 Å². The number of carbonyl (C=O) groups is 2. The van der Waals surface area contributed by atoms with Crippen molar-refractivity contribution >= 4 is 39.1 Å². The van der Waals surface area contributed by atoms with E-state index in [-0.39, 0.29) is 23.7 Å². The molecule has 2 amide bonds. The normalized spacial score (nSPS) is 24.5. The number of nitrogens with zero attached hydrogens (tertiary/aromatic N) is 1. The molecule has 90 valence electrons. The van der Waals surface area contributed by atoms with Gasteiger partial charge in [-0.05, 0) is 34.1 Å². The standard InChI is InChI=1S/C12H13BrN2O2/c1-6-7(2)12(17)15(11(6)16)10-5-8(14)3-4-9(10)13/h3-7H,14H2,1-2H3. The Bertz CT molecular complexity index is 481. The second-order valence-electron chi connectivity index (χ2n) is 4.30. The fourth-order valence-corrected chi connectivity index (χ4v) is 2.31. The van der Waals surface area contributed by atoms with Crippen LogP contribution in [0, 0.1) is 11.8 Å². The van der Waals surface area contributed by atoms with Gasteiger partial charge in [-0.2, -0.15) is 0 Å². The summed E-state index contributed by atoms with van der Waals surface area (Å²) in [5, 5.41) is 0. The summed E-state index contributed by atoms with van der Waals surface area (Å²) < 4.78 is 0.690.